The maximum atomic E-state index is 11.4. The van der Waals surface area contributed by atoms with E-state index >= 15 is 0 Å². The molecule has 1 aromatic heterocycles. The van der Waals surface area contributed by atoms with Gasteiger partial charge >= 0.3 is 0 Å². The van der Waals surface area contributed by atoms with Gasteiger partial charge in [-0.1, -0.05) is 0 Å². The molecule has 19 heavy (non-hydrogen) atoms. The van der Waals surface area contributed by atoms with Crippen LogP contribution in [0.1, 0.15) is 18.7 Å². The fraction of sp³-hybridized carbons (Fsp3) is 0.583. The molecule has 1 saturated heterocycles. The molecule has 1 aliphatic heterocycles. The molecule has 1 aromatic rings. The Hall–Kier alpha value is -1.18. The van der Waals surface area contributed by atoms with E-state index in [2.05, 4.69) is 9.88 Å². The predicted octanol–water partition coefficient (Wildman–Crippen LogP) is 0.216. The van der Waals surface area contributed by atoms with Crippen molar-refractivity contribution < 1.29 is 13.5 Å². The summed E-state index contributed by atoms with van der Waals surface area (Å²) in [4.78, 5) is 6.30. The molecule has 0 bridgehead atoms. The monoisotopic (exact) mass is 285 g/mol. The van der Waals surface area contributed by atoms with E-state index in [1.165, 1.54) is 10.6 Å². The highest BCUT2D eigenvalue weighted by Gasteiger charge is 2.23. The standard InChI is InChI=1S/C12H19N3O3S/c1-10(16)12-4-3-11(9-13-12)14-5-7-15(8-6-14)19(2,17)18/h3-4,9-10,16H,5-8H2,1-2H3/t10-/m1/s1. The zero-order chi connectivity index (χ0) is 14.0. The van der Waals surface area contributed by atoms with Gasteiger partial charge in [0.25, 0.3) is 0 Å². The molecule has 0 saturated carbocycles. The largest absolute Gasteiger partial charge is 0.387 e. The summed E-state index contributed by atoms with van der Waals surface area (Å²) in [6.07, 6.45) is 2.39. The average Bonchev–Trinajstić information content (AvgIpc) is 2.38. The van der Waals surface area contributed by atoms with Crippen LogP contribution in [0.4, 0.5) is 5.69 Å². The summed E-state index contributed by atoms with van der Waals surface area (Å²) in [5.41, 5.74) is 1.59. The van der Waals surface area contributed by atoms with Crippen LogP contribution in [0.2, 0.25) is 0 Å². The van der Waals surface area contributed by atoms with Gasteiger partial charge in [0.1, 0.15) is 0 Å². The molecule has 0 radical (unpaired) electrons. The van der Waals surface area contributed by atoms with E-state index in [4.69, 9.17) is 0 Å². The van der Waals surface area contributed by atoms with Crippen molar-refractivity contribution in [2.45, 2.75) is 13.0 Å². The van der Waals surface area contributed by atoms with E-state index in [1.807, 2.05) is 6.07 Å². The maximum absolute atomic E-state index is 11.4. The van der Waals surface area contributed by atoms with Crippen LogP contribution < -0.4 is 4.90 Å². The number of anilines is 1. The number of rotatable bonds is 3. The van der Waals surface area contributed by atoms with E-state index < -0.39 is 16.1 Å². The van der Waals surface area contributed by atoms with Crippen LogP contribution in [0.25, 0.3) is 0 Å². The fourth-order valence-corrected chi connectivity index (χ4v) is 2.94. The van der Waals surface area contributed by atoms with Crippen molar-refractivity contribution in [3.8, 4) is 0 Å². The molecule has 1 N–H and O–H groups in total. The molecule has 2 heterocycles. The summed E-state index contributed by atoms with van der Waals surface area (Å²) in [7, 11) is -3.09. The number of hydrogen-bond donors (Lipinski definition) is 1. The van der Waals surface area contributed by atoms with Crippen molar-refractivity contribution >= 4 is 15.7 Å². The Bertz CT molecular complexity index is 520. The van der Waals surface area contributed by atoms with E-state index in [0.29, 0.717) is 31.9 Å². The summed E-state index contributed by atoms with van der Waals surface area (Å²) >= 11 is 0. The molecule has 0 amide bonds. The molecule has 1 fully saturated rings. The molecular formula is C12H19N3O3S. The molecule has 0 aromatic carbocycles. The first-order valence-corrected chi connectivity index (χ1v) is 8.07. The zero-order valence-electron chi connectivity index (χ0n) is 11.2. The minimum Gasteiger partial charge on any atom is -0.387 e. The summed E-state index contributed by atoms with van der Waals surface area (Å²) in [6, 6.07) is 3.70. The van der Waals surface area contributed by atoms with Crippen molar-refractivity contribution in [2.24, 2.45) is 0 Å². The molecule has 6 nitrogen and oxygen atoms in total. The van der Waals surface area contributed by atoms with E-state index in [9.17, 15) is 13.5 Å². The third-order valence-electron chi connectivity index (χ3n) is 3.27. The maximum Gasteiger partial charge on any atom is 0.211 e. The molecule has 0 unspecified atom stereocenters. The highest BCUT2D eigenvalue weighted by Crippen LogP contribution is 2.18. The Balaban J connectivity index is 2.02. The number of aliphatic hydroxyl groups excluding tert-OH is 1. The van der Waals surface area contributed by atoms with Crippen LogP contribution in [0.3, 0.4) is 0 Å². The average molecular weight is 285 g/mol. The smallest absolute Gasteiger partial charge is 0.211 e. The minimum atomic E-state index is -3.09. The van der Waals surface area contributed by atoms with Gasteiger partial charge in [-0.25, -0.2) is 8.42 Å². The Morgan fingerprint density at radius 1 is 1.26 bits per heavy atom. The highest BCUT2D eigenvalue weighted by atomic mass is 32.2. The first kappa shape index (κ1) is 14.2. The van der Waals surface area contributed by atoms with Crippen molar-refractivity contribution in [1.82, 2.24) is 9.29 Å². The van der Waals surface area contributed by atoms with Gasteiger partial charge < -0.3 is 10.0 Å². The van der Waals surface area contributed by atoms with Crippen LogP contribution in [0.15, 0.2) is 18.3 Å². The van der Waals surface area contributed by atoms with Crippen molar-refractivity contribution in [3.63, 3.8) is 0 Å². The first-order chi connectivity index (χ1) is 8.88. The second-order valence-electron chi connectivity index (χ2n) is 4.77. The van der Waals surface area contributed by atoms with Gasteiger partial charge in [-0.15, -0.1) is 0 Å². The lowest BCUT2D eigenvalue weighted by molar-refractivity contribution is 0.194. The van der Waals surface area contributed by atoms with Gasteiger partial charge in [0.05, 0.1) is 29.9 Å². The Morgan fingerprint density at radius 2 is 1.89 bits per heavy atom. The van der Waals surface area contributed by atoms with Crippen LogP contribution in [-0.4, -0.2) is 55.2 Å². The summed E-state index contributed by atoms with van der Waals surface area (Å²) < 4.78 is 24.3. The first-order valence-electron chi connectivity index (χ1n) is 6.22. The number of aromatic nitrogens is 1. The molecular weight excluding hydrogens is 266 g/mol. The van der Waals surface area contributed by atoms with Gasteiger partial charge in [-0.05, 0) is 19.1 Å². The van der Waals surface area contributed by atoms with Gasteiger partial charge in [-0.2, -0.15) is 4.31 Å². The number of pyridine rings is 1. The minimum absolute atomic E-state index is 0.497. The third kappa shape index (κ3) is 3.43. The normalized spacial score (nSPS) is 19.4. The molecule has 106 valence electrons. The Labute approximate surface area is 113 Å². The van der Waals surface area contributed by atoms with Crippen LogP contribution >= 0.6 is 0 Å². The molecule has 0 spiro atoms. The van der Waals surface area contributed by atoms with Crippen LogP contribution in [-0.2, 0) is 10.0 Å². The SMILES string of the molecule is C[C@@H](O)c1ccc(N2CCN(S(C)(=O)=O)CC2)cn1. The van der Waals surface area contributed by atoms with E-state index in [1.54, 1.807) is 19.2 Å². The van der Waals surface area contributed by atoms with Gasteiger partial charge in [0.15, 0.2) is 0 Å². The number of piperazine rings is 1. The number of sulfonamides is 1. The molecule has 2 rings (SSSR count). The number of nitrogens with zero attached hydrogens (tertiary/aromatic N) is 3. The quantitative estimate of drug-likeness (QED) is 0.860. The van der Waals surface area contributed by atoms with Crippen molar-refractivity contribution in [1.29, 1.82) is 0 Å². The van der Waals surface area contributed by atoms with Gasteiger partial charge in [-0.3, -0.25) is 4.98 Å². The fourth-order valence-electron chi connectivity index (χ4n) is 2.11. The van der Waals surface area contributed by atoms with Crippen molar-refractivity contribution in [2.75, 3.05) is 37.3 Å². The lowest BCUT2D eigenvalue weighted by Crippen LogP contribution is -2.48. The lowest BCUT2D eigenvalue weighted by Gasteiger charge is -2.34. The number of hydrogen-bond acceptors (Lipinski definition) is 5. The summed E-state index contributed by atoms with van der Waals surface area (Å²) in [6.45, 7) is 3.98. The molecule has 1 aliphatic rings. The van der Waals surface area contributed by atoms with Crippen LogP contribution in [0.5, 0.6) is 0 Å². The van der Waals surface area contributed by atoms with Gasteiger partial charge in [0.2, 0.25) is 10.0 Å². The second kappa shape index (κ2) is 5.44. The van der Waals surface area contributed by atoms with Crippen molar-refractivity contribution in [3.05, 3.63) is 24.0 Å². The van der Waals surface area contributed by atoms with E-state index in [-0.39, 0.29) is 0 Å². The molecule has 7 heteroatoms. The Kier molecular flexibility index (Phi) is 4.07. The lowest BCUT2D eigenvalue weighted by atomic mass is 10.2. The zero-order valence-corrected chi connectivity index (χ0v) is 12.0. The Morgan fingerprint density at radius 3 is 2.32 bits per heavy atom. The van der Waals surface area contributed by atoms with E-state index in [0.717, 1.165) is 5.69 Å². The predicted molar refractivity (Wildman–Crippen MR) is 73.5 cm³/mol. The third-order valence-corrected chi connectivity index (χ3v) is 4.57. The number of aliphatic hydroxyl groups is 1. The molecule has 1 atom stereocenters. The summed E-state index contributed by atoms with van der Waals surface area (Å²) in [5.74, 6) is 0. The highest BCUT2D eigenvalue weighted by molar-refractivity contribution is 7.88. The summed E-state index contributed by atoms with van der Waals surface area (Å²) in [5, 5.41) is 9.40. The second-order valence-corrected chi connectivity index (χ2v) is 6.75. The van der Waals surface area contributed by atoms with Crippen LogP contribution in [0, 0.1) is 0 Å². The topological polar surface area (TPSA) is 73.7 Å². The van der Waals surface area contributed by atoms with Gasteiger partial charge in [0, 0.05) is 26.2 Å². The molecule has 0 aliphatic carbocycles.